The summed E-state index contributed by atoms with van der Waals surface area (Å²) in [5.74, 6) is 0. The van der Waals surface area contributed by atoms with Crippen LogP contribution in [-0.2, 0) is 0 Å². The summed E-state index contributed by atoms with van der Waals surface area (Å²) in [4.78, 5) is 30.6. The Morgan fingerprint density at radius 1 is 0.935 bits per heavy atom. The number of hydrogen-bond acceptors (Lipinski definition) is 4. The second-order valence-electron chi connectivity index (χ2n) is 7.83. The topological polar surface area (TPSA) is 80.0 Å². The van der Waals surface area contributed by atoms with Crippen molar-refractivity contribution in [2.75, 3.05) is 67.5 Å². The molecule has 2 fully saturated rings. The van der Waals surface area contributed by atoms with E-state index in [1.165, 1.54) is 5.69 Å². The monoisotopic (exact) mass is 422 g/mol. The van der Waals surface area contributed by atoms with E-state index >= 15 is 0 Å². The highest BCUT2D eigenvalue weighted by Gasteiger charge is 2.21. The summed E-state index contributed by atoms with van der Waals surface area (Å²) in [5.41, 5.74) is 2.74. The van der Waals surface area contributed by atoms with Crippen molar-refractivity contribution in [3.8, 4) is 0 Å². The van der Waals surface area contributed by atoms with E-state index in [9.17, 15) is 9.59 Å². The minimum absolute atomic E-state index is 0.105. The summed E-state index contributed by atoms with van der Waals surface area (Å²) in [6.45, 7) is 7.01. The average molecular weight is 423 g/mol. The predicted octanol–water partition coefficient (Wildman–Crippen LogP) is 2.55. The second-order valence-corrected chi connectivity index (χ2v) is 7.83. The van der Waals surface area contributed by atoms with Gasteiger partial charge < -0.3 is 20.9 Å². The van der Waals surface area contributed by atoms with Gasteiger partial charge in [0.2, 0.25) is 0 Å². The lowest BCUT2D eigenvalue weighted by atomic mass is 10.2. The summed E-state index contributed by atoms with van der Waals surface area (Å²) >= 11 is 0. The zero-order chi connectivity index (χ0) is 21.5. The average Bonchev–Trinajstić information content (AvgIpc) is 3.24. The van der Waals surface area contributed by atoms with E-state index in [1.807, 2.05) is 30.3 Å². The number of nitrogens with zero attached hydrogens (tertiary/aromatic N) is 3. The van der Waals surface area contributed by atoms with Gasteiger partial charge in [-0.05, 0) is 43.3 Å². The fourth-order valence-corrected chi connectivity index (χ4v) is 4.02. The van der Waals surface area contributed by atoms with Crippen molar-refractivity contribution in [3.63, 3.8) is 0 Å². The Morgan fingerprint density at radius 3 is 2.45 bits per heavy atom. The zero-order valence-corrected chi connectivity index (χ0v) is 17.7. The SMILES string of the molecule is O=C(NCCCN1CCN(c2ccccc2)CC1)Nc1cccc(N2CCNC2=O)c1. The first-order chi connectivity index (χ1) is 15.2. The van der Waals surface area contributed by atoms with E-state index in [-0.39, 0.29) is 12.1 Å². The summed E-state index contributed by atoms with van der Waals surface area (Å²) in [6, 6.07) is 17.5. The number of carbonyl (C=O) groups is 2. The maximum Gasteiger partial charge on any atom is 0.321 e. The number of nitrogens with one attached hydrogen (secondary N) is 3. The summed E-state index contributed by atoms with van der Waals surface area (Å²) in [7, 11) is 0. The van der Waals surface area contributed by atoms with Gasteiger partial charge in [0.15, 0.2) is 0 Å². The van der Waals surface area contributed by atoms with Crippen LogP contribution in [0.2, 0.25) is 0 Å². The Labute approximate surface area is 183 Å². The molecule has 0 unspecified atom stereocenters. The number of amides is 4. The van der Waals surface area contributed by atoms with Crippen molar-refractivity contribution in [1.82, 2.24) is 15.5 Å². The van der Waals surface area contributed by atoms with E-state index in [0.717, 1.165) is 44.8 Å². The highest BCUT2D eigenvalue weighted by Crippen LogP contribution is 2.21. The van der Waals surface area contributed by atoms with Gasteiger partial charge in [0, 0.05) is 62.9 Å². The van der Waals surface area contributed by atoms with Gasteiger partial charge >= 0.3 is 12.1 Å². The maximum absolute atomic E-state index is 12.2. The Hall–Kier alpha value is -3.26. The van der Waals surface area contributed by atoms with Crippen molar-refractivity contribution in [1.29, 1.82) is 0 Å². The van der Waals surface area contributed by atoms with E-state index in [2.05, 4.69) is 50.0 Å². The molecule has 8 heteroatoms. The molecule has 164 valence electrons. The first-order valence-electron chi connectivity index (χ1n) is 10.9. The van der Waals surface area contributed by atoms with Crippen molar-refractivity contribution in [2.24, 2.45) is 0 Å². The molecule has 2 aromatic carbocycles. The van der Waals surface area contributed by atoms with Crippen LogP contribution in [0.1, 0.15) is 6.42 Å². The van der Waals surface area contributed by atoms with Crippen molar-refractivity contribution < 1.29 is 9.59 Å². The Balaban J connectivity index is 1.14. The molecule has 4 amide bonds. The van der Waals surface area contributed by atoms with Gasteiger partial charge in [-0.25, -0.2) is 9.59 Å². The molecule has 2 aliphatic heterocycles. The zero-order valence-electron chi connectivity index (χ0n) is 17.7. The van der Waals surface area contributed by atoms with E-state index in [1.54, 1.807) is 4.90 Å². The summed E-state index contributed by atoms with van der Waals surface area (Å²) in [6.07, 6.45) is 0.909. The molecule has 0 radical (unpaired) electrons. The van der Waals surface area contributed by atoms with Crippen molar-refractivity contribution in [2.45, 2.75) is 6.42 Å². The number of carbonyl (C=O) groups excluding carboxylic acids is 2. The minimum atomic E-state index is -0.225. The first kappa shape index (κ1) is 21.0. The van der Waals surface area contributed by atoms with Gasteiger partial charge in [0.25, 0.3) is 0 Å². The second kappa shape index (κ2) is 10.2. The quantitative estimate of drug-likeness (QED) is 0.599. The molecule has 31 heavy (non-hydrogen) atoms. The van der Waals surface area contributed by atoms with Gasteiger partial charge in [-0.1, -0.05) is 24.3 Å². The molecule has 0 saturated carbocycles. The molecule has 0 bridgehead atoms. The van der Waals surface area contributed by atoms with E-state index < -0.39 is 0 Å². The van der Waals surface area contributed by atoms with Crippen LogP contribution in [0, 0.1) is 0 Å². The standard InChI is InChI=1S/C23H30N6O2/c30-22(26-19-6-4-9-21(18-19)29-13-11-25-23(29)31)24-10-5-12-27-14-16-28(17-15-27)20-7-2-1-3-8-20/h1-4,6-9,18H,5,10-17H2,(H,25,31)(H2,24,26,30). The third kappa shape index (κ3) is 5.67. The molecule has 0 aromatic heterocycles. The van der Waals surface area contributed by atoms with Crippen LogP contribution in [0.5, 0.6) is 0 Å². The number of urea groups is 2. The number of benzene rings is 2. The Kier molecular flexibility index (Phi) is 6.89. The van der Waals surface area contributed by atoms with Crippen LogP contribution in [0.15, 0.2) is 54.6 Å². The molecule has 2 aromatic rings. The highest BCUT2D eigenvalue weighted by molar-refractivity contribution is 5.95. The van der Waals surface area contributed by atoms with Crippen LogP contribution in [0.4, 0.5) is 26.7 Å². The summed E-state index contributed by atoms with van der Waals surface area (Å²) < 4.78 is 0. The molecule has 2 saturated heterocycles. The molecule has 0 spiro atoms. The Bertz CT molecular complexity index is 883. The van der Waals surface area contributed by atoms with Crippen molar-refractivity contribution >= 4 is 29.1 Å². The smallest absolute Gasteiger partial charge is 0.321 e. The lowest BCUT2D eigenvalue weighted by molar-refractivity contribution is 0.244. The number of anilines is 3. The van der Waals surface area contributed by atoms with Crippen LogP contribution in [0.25, 0.3) is 0 Å². The first-order valence-corrected chi connectivity index (χ1v) is 10.9. The van der Waals surface area contributed by atoms with Crippen LogP contribution < -0.4 is 25.8 Å². The van der Waals surface area contributed by atoms with Gasteiger partial charge in [-0.3, -0.25) is 9.80 Å². The van der Waals surface area contributed by atoms with Crippen LogP contribution in [0.3, 0.4) is 0 Å². The molecule has 4 rings (SSSR count). The summed E-state index contributed by atoms with van der Waals surface area (Å²) in [5, 5.41) is 8.56. The molecule has 8 nitrogen and oxygen atoms in total. The predicted molar refractivity (Wildman–Crippen MR) is 124 cm³/mol. The molecule has 0 atom stereocenters. The third-order valence-electron chi connectivity index (χ3n) is 5.70. The van der Waals surface area contributed by atoms with Crippen LogP contribution in [-0.4, -0.2) is 69.3 Å². The molecule has 2 aliphatic rings. The van der Waals surface area contributed by atoms with E-state index in [0.29, 0.717) is 25.3 Å². The normalized spacial score (nSPS) is 16.8. The van der Waals surface area contributed by atoms with Gasteiger partial charge in [-0.2, -0.15) is 0 Å². The van der Waals surface area contributed by atoms with Gasteiger partial charge in [0.1, 0.15) is 0 Å². The number of hydrogen-bond donors (Lipinski definition) is 3. The Morgan fingerprint density at radius 2 is 1.71 bits per heavy atom. The molecular weight excluding hydrogens is 392 g/mol. The lowest BCUT2D eigenvalue weighted by Gasteiger charge is -2.36. The number of para-hydroxylation sites is 1. The molecule has 0 aliphatic carbocycles. The fourth-order valence-electron chi connectivity index (χ4n) is 4.02. The van der Waals surface area contributed by atoms with Gasteiger partial charge in [0.05, 0.1) is 0 Å². The molecular formula is C23H30N6O2. The number of rotatable bonds is 7. The lowest BCUT2D eigenvalue weighted by Crippen LogP contribution is -2.47. The fraction of sp³-hybridized carbons (Fsp3) is 0.391. The number of piperazine rings is 1. The van der Waals surface area contributed by atoms with Crippen LogP contribution >= 0.6 is 0 Å². The van der Waals surface area contributed by atoms with Crippen molar-refractivity contribution in [3.05, 3.63) is 54.6 Å². The highest BCUT2D eigenvalue weighted by atomic mass is 16.2. The minimum Gasteiger partial charge on any atom is -0.369 e. The maximum atomic E-state index is 12.2. The molecule has 3 N–H and O–H groups in total. The van der Waals surface area contributed by atoms with E-state index in [4.69, 9.17) is 0 Å². The third-order valence-corrected chi connectivity index (χ3v) is 5.70. The largest absolute Gasteiger partial charge is 0.369 e. The van der Waals surface area contributed by atoms with Gasteiger partial charge in [-0.15, -0.1) is 0 Å². The molecule has 2 heterocycles.